The molecule has 2 aliphatic heterocycles. The number of hydrogen-bond acceptors (Lipinski definition) is 6. The Labute approximate surface area is 197 Å². The Morgan fingerprint density at radius 2 is 1.97 bits per heavy atom. The minimum absolute atomic E-state index is 0.000874. The van der Waals surface area contributed by atoms with Gasteiger partial charge in [0.25, 0.3) is 0 Å². The van der Waals surface area contributed by atoms with Gasteiger partial charge in [0, 0.05) is 6.54 Å². The van der Waals surface area contributed by atoms with Crippen molar-refractivity contribution in [2.24, 2.45) is 5.92 Å². The summed E-state index contributed by atoms with van der Waals surface area (Å²) in [5, 5.41) is 10.4. The van der Waals surface area contributed by atoms with Crippen LogP contribution in [0, 0.1) is 12.8 Å². The van der Waals surface area contributed by atoms with Gasteiger partial charge in [-0.1, -0.05) is 29.3 Å². The largest absolute Gasteiger partial charge is 0.416 e. The van der Waals surface area contributed by atoms with Crippen LogP contribution in [0.4, 0.5) is 24.5 Å². The Morgan fingerprint density at radius 3 is 2.67 bits per heavy atom. The average molecular weight is 500 g/mol. The molecule has 3 unspecified atom stereocenters. The van der Waals surface area contributed by atoms with Crippen LogP contribution in [0.1, 0.15) is 11.1 Å². The SMILES string of the molecule is Cc1ccc(N2NCC3C(=O)NC(SCC(=O)Nc4cc(C(F)(F)F)ccc4Cl)NC32)cc1. The monoisotopic (exact) mass is 499 g/mol. The van der Waals surface area contributed by atoms with Crippen molar-refractivity contribution in [3.05, 3.63) is 58.6 Å². The standard InChI is InChI=1S/C21H21ClF3N5O2S/c1-11-2-5-13(6-3-11)30-18-14(9-26-30)19(32)29-20(28-18)33-10-17(31)27-16-8-12(21(23,24)25)4-7-15(16)22/h2-8,14,18,20,26,28H,9-10H2,1H3,(H,27,31)(H,29,32). The number of nitrogens with zero attached hydrogens (tertiary/aromatic N) is 1. The Hall–Kier alpha value is -2.47. The Morgan fingerprint density at radius 1 is 1.24 bits per heavy atom. The summed E-state index contributed by atoms with van der Waals surface area (Å²) in [6.45, 7) is 2.45. The molecular weight excluding hydrogens is 479 g/mol. The van der Waals surface area contributed by atoms with Crippen LogP contribution in [0.5, 0.6) is 0 Å². The predicted molar refractivity (Wildman–Crippen MR) is 122 cm³/mol. The lowest BCUT2D eigenvalue weighted by atomic mass is 10.0. The zero-order valence-corrected chi connectivity index (χ0v) is 18.9. The van der Waals surface area contributed by atoms with Crippen molar-refractivity contribution in [1.82, 2.24) is 16.1 Å². The average Bonchev–Trinajstić information content (AvgIpc) is 3.18. The highest BCUT2D eigenvalue weighted by atomic mass is 35.5. The van der Waals surface area contributed by atoms with Crippen LogP contribution in [0.15, 0.2) is 42.5 Å². The molecule has 2 saturated heterocycles. The molecule has 2 amide bonds. The molecule has 0 aromatic heterocycles. The van der Waals surface area contributed by atoms with Gasteiger partial charge in [0.15, 0.2) is 0 Å². The number of aryl methyl sites for hydroxylation is 1. The zero-order valence-electron chi connectivity index (χ0n) is 17.4. The van der Waals surface area contributed by atoms with E-state index >= 15 is 0 Å². The third kappa shape index (κ3) is 5.37. The van der Waals surface area contributed by atoms with E-state index in [1.54, 1.807) is 0 Å². The highest BCUT2D eigenvalue weighted by molar-refractivity contribution is 8.00. The van der Waals surface area contributed by atoms with Crippen LogP contribution in [-0.4, -0.2) is 35.8 Å². The molecule has 12 heteroatoms. The molecule has 0 bridgehead atoms. The number of anilines is 2. The molecule has 4 rings (SSSR count). The summed E-state index contributed by atoms with van der Waals surface area (Å²) in [5.41, 5.74) is 3.64. The number of amides is 2. The molecule has 4 N–H and O–H groups in total. The van der Waals surface area contributed by atoms with Crippen LogP contribution in [-0.2, 0) is 15.8 Å². The van der Waals surface area contributed by atoms with Gasteiger partial charge < -0.3 is 10.6 Å². The number of hydrazine groups is 1. The predicted octanol–water partition coefficient (Wildman–Crippen LogP) is 3.31. The van der Waals surface area contributed by atoms with Gasteiger partial charge in [-0.05, 0) is 37.3 Å². The van der Waals surface area contributed by atoms with Gasteiger partial charge in [-0.3, -0.25) is 19.9 Å². The number of nitrogens with one attached hydrogen (secondary N) is 4. The smallest absolute Gasteiger partial charge is 0.331 e. The molecule has 2 aliphatic rings. The number of hydrogen-bond donors (Lipinski definition) is 4. The molecule has 0 spiro atoms. The summed E-state index contributed by atoms with van der Waals surface area (Å²) in [6, 6.07) is 10.6. The first kappa shape index (κ1) is 23.7. The number of carbonyl (C=O) groups excluding carboxylic acids is 2. The fourth-order valence-electron chi connectivity index (χ4n) is 3.64. The summed E-state index contributed by atoms with van der Waals surface area (Å²) in [6.07, 6.45) is -4.87. The van der Waals surface area contributed by atoms with Crippen LogP contribution in [0.2, 0.25) is 5.02 Å². The Bertz CT molecular complexity index is 1050. The van der Waals surface area contributed by atoms with Crippen molar-refractivity contribution in [1.29, 1.82) is 0 Å². The molecule has 2 fully saturated rings. The summed E-state index contributed by atoms with van der Waals surface area (Å²) < 4.78 is 38.8. The van der Waals surface area contributed by atoms with E-state index in [9.17, 15) is 22.8 Å². The van der Waals surface area contributed by atoms with Crippen molar-refractivity contribution in [2.75, 3.05) is 22.6 Å². The lowest BCUT2D eigenvalue weighted by Gasteiger charge is -2.37. The van der Waals surface area contributed by atoms with E-state index in [1.165, 1.54) is 0 Å². The molecule has 7 nitrogen and oxygen atoms in total. The van der Waals surface area contributed by atoms with Crippen molar-refractivity contribution in [3.63, 3.8) is 0 Å². The van der Waals surface area contributed by atoms with Gasteiger partial charge in [0.1, 0.15) is 11.7 Å². The fraction of sp³-hybridized carbons (Fsp3) is 0.333. The molecule has 0 aliphatic carbocycles. The first-order chi connectivity index (χ1) is 15.6. The third-order valence-corrected chi connectivity index (χ3v) is 6.68. The highest BCUT2D eigenvalue weighted by Gasteiger charge is 2.44. The number of rotatable bonds is 5. The van der Waals surface area contributed by atoms with Crippen LogP contribution in [0.25, 0.3) is 0 Å². The van der Waals surface area contributed by atoms with Crippen molar-refractivity contribution in [3.8, 4) is 0 Å². The Kier molecular flexibility index (Phi) is 6.76. The summed E-state index contributed by atoms with van der Waals surface area (Å²) >= 11 is 7.05. The summed E-state index contributed by atoms with van der Waals surface area (Å²) in [5.74, 6) is -1.13. The van der Waals surface area contributed by atoms with Gasteiger partial charge in [0.05, 0.1) is 33.6 Å². The number of carbonyl (C=O) groups is 2. The van der Waals surface area contributed by atoms with Crippen LogP contribution >= 0.6 is 23.4 Å². The maximum atomic E-state index is 12.9. The molecule has 2 heterocycles. The zero-order chi connectivity index (χ0) is 23.8. The number of halogens is 4. The molecule has 2 aromatic carbocycles. The lowest BCUT2D eigenvalue weighted by Crippen LogP contribution is -2.63. The lowest BCUT2D eigenvalue weighted by molar-refractivity contribution is -0.137. The Balaban J connectivity index is 1.37. The van der Waals surface area contributed by atoms with Gasteiger partial charge in [-0.2, -0.15) is 13.2 Å². The van der Waals surface area contributed by atoms with E-state index in [2.05, 4.69) is 21.4 Å². The first-order valence-electron chi connectivity index (χ1n) is 10.1. The first-order valence-corrected chi connectivity index (χ1v) is 11.5. The summed E-state index contributed by atoms with van der Waals surface area (Å²) in [4.78, 5) is 24.9. The number of thioether (sulfide) groups is 1. The third-order valence-electron chi connectivity index (χ3n) is 5.33. The van der Waals surface area contributed by atoms with Crippen LogP contribution < -0.4 is 26.4 Å². The second kappa shape index (κ2) is 9.41. The number of alkyl halides is 3. The maximum Gasteiger partial charge on any atom is 0.416 e. The molecule has 176 valence electrons. The molecule has 3 atom stereocenters. The maximum absolute atomic E-state index is 12.9. The van der Waals surface area contributed by atoms with E-state index < -0.39 is 23.1 Å². The molecule has 2 aromatic rings. The molecule has 0 radical (unpaired) electrons. The second-order valence-electron chi connectivity index (χ2n) is 7.73. The van der Waals surface area contributed by atoms with E-state index in [0.717, 1.165) is 41.2 Å². The van der Waals surface area contributed by atoms with Crippen molar-refractivity contribution < 1.29 is 22.8 Å². The molecule has 0 saturated carbocycles. The van der Waals surface area contributed by atoms with Gasteiger partial charge >= 0.3 is 6.18 Å². The van der Waals surface area contributed by atoms with E-state index in [0.29, 0.717) is 6.54 Å². The minimum atomic E-state index is -4.55. The van der Waals surface area contributed by atoms with Crippen LogP contribution in [0.3, 0.4) is 0 Å². The summed E-state index contributed by atoms with van der Waals surface area (Å²) in [7, 11) is 0. The quantitative estimate of drug-likeness (QED) is 0.505. The fourth-order valence-corrected chi connectivity index (χ4v) is 4.63. The van der Waals surface area contributed by atoms with Gasteiger partial charge in [0.2, 0.25) is 11.8 Å². The normalized spacial score (nSPS) is 22.6. The van der Waals surface area contributed by atoms with E-state index in [4.69, 9.17) is 11.6 Å². The number of benzene rings is 2. The highest BCUT2D eigenvalue weighted by Crippen LogP contribution is 2.34. The van der Waals surface area contributed by atoms with Crippen molar-refractivity contribution >= 4 is 46.6 Å². The van der Waals surface area contributed by atoms with Gasteiger partial charge in [-0.15, -0.1) is 11.8 Å². The van der Waals surface area contributed by atoms with E-state index in [-0.39, 0.29) is 34.5 Å². The van der Waals surface area contributed by atoms with E-state index in [1.807, 2.05) is 36.2 Å². The molecule has 33 heavy (non-hydrogen) atoms. The topological polar surface area (TPSA) is 85.5 Å². The second-order valence-corrected chi connectivity index (χ2v) is 9.23. The minimum Gasteiger partial charge on any atom is -0.331 e. The number of fused-ring (bicyclic) bond motifs is 1. The van der Waals surface area contributed by atoms with Gasteiger partial charge in [-0.25, -0.2) is 5.43 Å². The van der Waals surface area contributed by atoms with Crippen molar-refractivity contribution in [2.45, 2.75) is 24.8 Å². The molecular formula is C21H21ClF3N5O2S.